The van der Waals surface area contributed by atoms with E-state index in [0.29, 0.717) is 51.0 Å². The van der Waals surface area contributed by atoms with Crippen molar-refractivity contribution in [2.24, 2.45) is 5.92 Å². The molecule has 0 radical (unpaired) electrons. The Balaban J connectivity index is 1.27. The molecule has 9 heteroatoms. The highest BCUT2D eigenvalue weighted by Crippen LogP contribution is 2.60. The summed E-state index contributed by atoms with van der Waals surface area (Å²) in [5, 5.41) is 1.80. The molecule has 2 aliphatic carbocycles. The molecule has 2 fully saturated rings. The predicted octanol–water partition coefficient (Wildman–Crippen LogP) is 9.05. The zero-order valence-corrected chi connectivity index (χ0v) is 30.3. The quantitative estimate of drug-likeness (QED) is 0.205. The second kappa shape index (κ2) is 12.7. The summed E-state index contributed by atoms with van der Waals surface area (Å²) in [6.45, 7) is 9.83. The van der Waals surface area contributed by atoms with Gasteiger partial charge in [-0.2, -0.15) is 13.2 Å². The molecule has 0 aromatic heterocycles. The monoisotopic (exact) mass is 720 g/mol. The molecule has 0 N–H and O–H groups in total. The third-order valence-electron chi connectivity index (χ3n) is 11.9. The van der Waals surface area contributed by atoms with Crippen molar-refractivity contribution in [1.82, 2.24) is 0 Å². The van der Waals surface area contributed by atoms with Crippen LogP contribution in [-0.2, 0) is 20.5 Å². The maximum absolute atomic E-state index is 14.2. The summed E-state index contributed by atoms with van der Waals surface area (Å²) in [6, 6.07) is 23.0. The van der Waals surface area contributed by atoms with Gasteiger partial charge in [0, 0.05) is 59.4 Å². The first-order chi connectivity index (χ1) is 25.6. The van der Waals surface area contributed by atoms with Crippen molar-refractivity contribution >= 4 is 33.8 Å². The van der Waals surface area contributed by atoms with Gasteiger partial charge in [-0.1, -0.05) is 80.1 Å². The molecule has 0 spiro atoms. The van der Waals surface area contributed by atoms with Crippen LogP contribution in [0.5, 0.6) is 11.5 Å². The molecule has 6 nitrogen and oxygen atoms in total. The lowest BCUT2D eigenvalue weighted by Gasteiger charge is -2.39. The van der Waals surface area contributed by atoms with Crippen LogP contribution in [0.25, 0.3) is 22.4 Å². The second-order valence-electron chi connectivity index (χ2n) is 15.1. The van der Waals surface area contributed by atoms with Gasteiger partial charge < -0.3 is 28.7 Å². The van der Waals surface area contributed by atoms with Gasteiger partial charge in [0.15, 0.2) is 5.60 Å². The van der Waals surface area contributed by atoms with Crippen LogP contribution in [0.1, 0.15) is 48.1 Å². The Morgan fingerprint density at radius 2 is 1.45 bits per heavy atom. The molecular weight excluding hydrogens is 677 g/mol. The first-order valence-corrected chi connectivity index (χ1v) is 18.5. The number of nitrogens with zero attached hydrogens (tertiary/aromatic N) is 2. The predicted molar refractivity (Wildman–Crippen MR) is 203 cm³/mol. The highest BCUT2D eigenvalue weighted by molar-refractivity contribution is 6.09. The van der Waals surface area contributed by atoms with Crippen molar-refractivity contribution in [3.05, 3.63) is 118 Å². The van der Waals surface area contributed by atoms with Crippen LogP contribution in [-0.4, -0.2) is 65.9 Å². The zero-order valence-electron chi connectivity index (χ0n) is 30.3. The third kappa shape index (κ3) is 5.45. The Morgan fingerprint density at radius 1 is 0.792 bits per heavy atom. The van der Waals surface area contributed by atoms with Crippen LogP contribution in [0, 0.1) is 5.92 Å². The largest absolute Gasteiger partial charge is 0.495 e. The first kappa shape index (κ1) is 34.1. The second-order valence-corrected chi connectivity index (χ2v) is 15.1. The minimum absolute atomic E-state index is 0.0756. The van der Waals surface area contributed by atoms with Gasteiger partial charge in [-0.15, -0.1) is 0 Å². The Labute approximate surface area is 308 Å². The molecule has 53 heavy (non-hydrogen) atoms. The van der Waals surface area contributed by atoms with Crippen molar-refractivity contribution in [3.63, 3.8) is 0 Å². The van der Waals surface area contributed by atoms with Crippen molar-refractivity contribution in [1.29, 1.82) is 0 Å². The minimum Gasteiger partial charge on any atom is -0.495 e. The lowest BCUT2D eigenvalue weighted by Crippen LogP contribution is -2.37. The van der Waals surface area contributed by atoms with Crippen LogP contribution in [0.3, 0.4) is 0 Å². The molecule has 4 aromatic rings. The van der Waals surface area contributed by atoms with Gasteiger partial charge in [-0.3, -0.25) is 0 Å². The normalized spacial score (nSPS) is 23.5. The molecule has 4 aromatic carbocycles. The number of hydrogen-bond donors (Lipinski definition) is 0. The molecule has 0 amide bonds. The fraction of sp³-hybridized carbons (Fsp3) is 0.364. The van der Waals surface area contributed by atoms with Crippen LogP contribution in [0.4, 0.5) is 24.5 Å². The molecule has 0 bridgehead atoms. The Kier molecular flexibility index (Phi) is 8.16. The number of anilines is 2. The molecule has 5 aliphatic rings. The van der Waals surface area contributed by atoms with E-state index in [9.17, 15) is 13.2 Å². The van der Waals surface area contributed by atoms with E-state index < -0.39 is 23.1 Å². The van der Waals surface area contributed by atoms with Crippen LogP contribution in [0.15, 0.2) is 90.5 Å². The number of benzene rings is 4. The fourth-order valence-electron chi connectivity index (χ4n) is 9.12. The minimum atomic E-state index is -4.33. The van der Waals surface area contributed by atoms with Gasteiger partial charge in [0.1, 0.15) is 11.5 Å². The topological polar surface area (TPSA) is 43.4 Å². The molecule has 2 unspecified atom stereocenters. The van der Waals surface area contributed by atoms with Crippen LogP contribution < -0.4 is 19.3 Å². The van der Waals surface area contributed by atoms with Crippen molar-refractivity contribution in [3.8, 4) is 11.5 Å². The lowest BCUT2D eigenvalue weighted by atomic mass is 9.73. The summed E-state index contributed by atoms with van der Waals surface area (Å²) in [6.07, 6.45) is 2.93. The van der Waals surface area contributed by atoms with Gasteiger partial charge >= 0.3 is 6.18 Å². The number of methoxy groups -OCH3 is 1. The number of alkyl halides is 3. The number of ether oxygens (including phenoxy) is 4. The summed E-state index contributed by atoms with van der Waals surface area (Å²) < 4.78 is 67.6. The molecule has 274 valence electrons. The van der Waals surface area contributed by atoms with Crippen molar-refractivity contribution in [2.75, 3.05) is 69.5 Å². The average Bonchev–Trinajstić information content (AvgIpc) is 3.44. The number of allylic oxidation sites excluding steroid dienone is 4. The van der Waals surface area contributed by atoms with E-state index in [1.807, 2.05) is 18.2 Å². The van der Waals surface area contributed by atoms with E-state index in [2.05, 4.69) is 84.3 Å². The summed E-state index contributed by atoms with van der Waals surface area (Å²) in [5.41, 5.74) is 6.90. The van der Waals surface area contributed by atoms with E-state index in [1.165, 1.54) is 6.08 Å². The molecule has 3 aliphatic heterocycles. The average molecular weight is 721 g/mol. The van der Waals surface area contributed by atoms with Crippen LogP contribution in [0.2, 0.25) is 0 Å². The summed E-state index contributed by atoms with van der Waals surface area (Å²) in [7, 11) is 1.68. The lowest BCUT2D eigenvalue weighted by molar-refractivity contribution is -0.161. The van der Waals surface area contributed by atoms with E-state index >= 15 is 0 Å². The maximum atomic E-state index is 14.2. The highest BCUT2D eigenvalue weighted by Gasteiger charge is 2.49. The number of hydrogen-bond acceptors (Lipinski definition) is 6. The van der Waals surface area contributed by atoms with Crippen LogP contribution >= 0.6 is 0 Å². The number of morpholine rings is 2. The number of rotatable bonds is 5. The summed E-state index contributed by atoms with van der Waals surface area (Å²) in [5.74, 6) is -0.125. The molecule has 0 saturated carbocycles. The van der Waals surface area contributed by atoms with Crippen molar-refractivity contribution in [2.45, 2.75) is 37.5 Å². The summed E-state index contributed by atoms with van der Waals surface area (Å²) >= 11 is 0. The zero-order chi connectivity index (χ0) is 36.5. The number of halogens is 3. The Hall–Kier alpha value is -4.73. The smallest absolute Gasteiger partial charge is 0.395 e. The van der Waals surface area contributed by atoms with Gasteiger partial charge in [-0.25, -0.2) is 0 Å². The standard InChI is InChI=1S/C44H43F3N2O4/c1-42(2)36-25-30(44(45,46)47)11-14-32(36)39-34-26-37(49-19-23-52-24-20-49)38(50-3)27-35(34)41-33(40(39)42)15-16-43(53-41,28-7-5-4-6-8-28)29-9-12-31(13-10-29)48-17-21-51-22-18-48/h4-16,26-27,30H,17-25H2,1-3H3. The van der Waals surface area contributed by atoms with Gasteiger partial charge in [0.2, 0.25) is 0 Å². The molecule has 2 saturated heterocycles. The fourth-order valence-corrected chi connectivity index (χ4v) is 9.12. The van der Waals surface area contributed by atoms with E-state index in [-0.39, 0.29) is 6.42 Å². The maximum Gasteiger partial charge on any atom is 0.395 e. The molecule has 3 heterocycles. The molecule has 2 atom stereocenters. The summed E-state index contributed by atoms with van der Waals surface area (Å²) in [4.78, 5) is 4.60. The van der Waals surface area contributed by atoms with E-state index in [0.717, 1.165) is 74.2 Å². The Bertz CT molecular complexity index is 2160. The Morgan fingerprint density at radius 3 is 2.11 bits per heavy atom. The molecular formula is C44H43F3N2O4. The highest BCUT2D eigenvalue weighted by atomic mass is 19.4. The first-order valence-electron chi connectivity index (χ1n) is 18.5. The van der Waals surface area contributed by atoms with E-state index in [1.54, 1.807) is 13.2 Å². The molecule has 9 rings (SSSR count). The number of fused-ring (bicyclic) bond motifs is 7. The van der Waals surface area contributed by atoms with E-state index in [4.69, 9.17) is 18.9 Å². The van der Waals surface area contributed by atoms with Crippen molar-refractivity contribution < 1.29 is 32.1 Å². The van der Waals surface area contributed by atoms with Gasteiger partial charge in [0.05, 0.1) is 45.1 Å². The third-order valence-corrected chi connectivity index (χ3v) is 11.9. The van der Waals surface area contributed by atoms with Gasteiger partial charge in [-0.05, 0) is 58.8 Å². The SMILES string of the molecule is COc1cc2c3c(c4c(c2cc1N1CCOCC1)C1=C(CC(C(F)(F)F)C=C1)C4(C)C)C=CC(c1ccccc1)(c1ccc(N2CCOCC2)cc1)O3. The van der Waals surface area contributed by atoms with Gasteiger partial charge in [0.25, 0.3) is 0 Å².